The number of nitrogens with zero attached hydrogens (tertiary/aromatic N) is 1. The van der Waals surface area contributed by atoms with Gasteiger partial charge in [-0.2, -0.15) is 4.31 Å². The van der Waals surface area contributed by atoms with E-state index < -0.39 is 10.0 Å². The molecule has 0 spiro atoms. The minimum absolute atomic E-state index is 0.202. The van der Waals surface area contributed by atoms with Gasteiger partial charge in [-0.25, -0.2) is 8.42 Å². The quantitative estimate of drug-likeness (QED) is 0.909. The van der Waals surface area contributed by atoms with E-state index in [4.69, 9.17) is 0 Å². The highest BCUT2D eigenvalue weighted by atomic mass is 32.2. The SMILES string of the molecule is C[C@@H]1C[C@@H](C)CN(S(=O)(=O)c2ccc(C(=O)NC(C)(C)C)cc2)C1. The Hall–Kier alpha value is -1.40. The molecule has 2 atom stereocenters. The van der Waals surface area contributed by atoms with Crippen LogP contribution in [0.1, 0.15) is 51.4 Å². The van der Waals surface area contributed by atoms with Crippen molar-refractivity contribution in [1.29, 1.82) is 0 Å². The summed E-state index contributed by atoms with van der Waals surface area (Å²) in [6.07, 6.45) is 1.05. The van der Waals surface area contributed by atoms with Crippen LogP contribution in [0, 0.1) is 11.8 Å². The van der Waals surface area contributed by atoms with Crippen LogP contribution in [0.2, 0.25) is 0 Å². The number of hydrogen-bond acceptors (Lipinski definition) is 3. The first-order chi connectivity index (χ1) is 11.0. The van der Waals surface area contributed by atoms with Crippen molar-refractivity contribution in [2.24, 2.45) is 11.8 Å². The lowest BCUT2D eigenvalue weighted by Crippen LogP contribution is -2.42. The number of carbonyl (C=O) groups is 1. The van der Waals surface area contributed by atoms with Gasteiger partial charge >= 0.3 is 0 Å². The first-order valence-corrected chi connectivity index (χ1v) is 9.86. The van der Waals surface area contributed by atoms with Gasteiger partial charge in [0.25, 0.3) is 5.91 Å². The Morgan fingerprint density at radius 3 is 2.04 bits per heavy atom. The lowest BCUT2D eigenvalue weighted by molar-refractivity contribution is 0.0919. The third kappa shape index (κ3) is 4.57. The summed E-state index contributed by atoms with van der Waals surface area (Å²) in [4.78, 5) is 12.4. The molecule has 0 aliphatic carbocycles. The Kier molecular flexibility index (Phi) is 5.40. The summed E-state index contributed by atoms with van der Waals surface area (Å²) >= 11 is 0. The van der Waals surface area contributed by atoms with Gasteiger partial charge in [0.15, 0.2) is 0 Å². The van der Waals surface area contributed by atoms with Crippen molar-refractivity contribution < 1.29 is 13.2 Å². The second kappa shape index (κ2) is 6.84. The topological polar surface area (TPSA) is 66.5 Å². The molecule has 0 saturated carbocycles. The zero-order chi connectivity index (χ0) is 18.1. The highest BCUT2D eigenvalue weighted by Gasteiger charge is 2.31. The molecule has 0 aromatic heterocycles. The van der Waals surface area contributed by atoms with Gasteiger partial charge in [-0.1, -0.05) is 13.8 Å². The number of piperidine rings is 1. The van der Waals surface area contributed by atoms with Crippen LogP contribution >= 0.6 is 0 Å². The first-order valence-electron chi connectivity index (χ1n) is 8.42. The molecule has 1 aliphatic heterocycles. The van der Waals surface area contributed by atoms with E-state index >= 15 is 0 Å². The number of rotatable bonds is 3. The monoisotopic (exact) mass is 352 g/mol. The van der Waals surface area contributed by atoms with Crippen molar-refractivity contribution in [3.05, 3.63) is 29.8 Å². The van der Waals surface area contributed by atoms with Gasteiger partial charge in [0.1, 0.15) is 0 Å². The Balaban J connectivity index is 2.19. The number of hydrogen-bond donors (Lipinski definition) is 1. The smallest absolute Gasteiger partial charge is 0.251 e. The summed E-state index contributed by atoms with van der Waals surface area (Å²) < 4.78 is 27.2. The zero-order valence-corrected chi connectivity index (χ0v) is 16.0. The molecule has 0 bridgehead atoms. The maximum absolute atomic E-state index is 12.8. The van der Waals surface area contributed by atoms with Gasteiger partial charge in [0.2, 0.25) is 10.0 Å². The van der Waals surface area contributed by atoms with Crippen LogP contribution in [0.4, 0.5) is 0 Å². The second-order valence-corrected chi connectivity index (χ2v) is 9.93. The molecular weight excluding hydrogens is 324 g/mol. The summed E-state index contributed by atoms with van der Waals surface area (Å²) in [5.41, 5.74) is 0.131. The molecule has 1 amide bonds. The largest absolute Gasteiger partial charge is 0.347 e. The van der Waals surface area contributed by atoms with E-state index in [0.717, 1.165) is 6.42 Å². The molecule has 1 N–H and O–H groups in total. The molecular formula is C18H28N2O3S. The number of carbonyl (C=O) groups excluding carboxylic acids is 1. The minimum Gasteiger partial charge on any atom is -0.347 e. The Bertz CT molecular complexity index is 680. The van der Waals surface area contributed by atoms with Crippen LogP contribution in [0.3, 0.4) is 0 Å². The molecule has 0 radical (unpaired) electrons. The fourth-order valence-corrected chi connectivity index (χ4v) is 4.82. The third-order valence-electron chi connectivity index (χ3n) is 4.08. The summed E-state index contributed by atoms with van der Waals surface area (Å²) in [7, 11) is -3.50. The average Bonchev–Trinajstić information content (AvgIpc) is 2.44. The number of benzene rings is 1. The molecule has 1 aliphatic rings. The Labute approximate surface area is 145 Å². The van der Waals surface area contributed by atoms with Crippen molar-refractivity contribution in [1.82, 2.24) is 9.62 Å². The fourth-order valence-electron chi connectivity index (χ4n) is 3.14. The molecule has 1 saturated heterocycles. The van der Waals surface area contributed by atoms with Crippen molar-refractivity contribution in [2.45, 2.75) is 51.5 Å². The zero-order valence-electron chi connectivity index (χ0n) is 15.2. The molecule has 0 unspecified atom stereocenters. The molecule has 1 heterocycles. The standard InChI is InChI=1S/C18H28N2O3S/c1-13-10-14(2)12-20(11-13)24(22,23)16-8-6-15(7-9-16)17(21)19-18(3,4)5/h6-9,13-14H,10-12H2,1-5H3,(H,19,21)/t13-,14-/m1/s1. The lowest BCUT2D eigenvalue weighted by atomic mass is 9.94. The fraction of sp³-hybridized carbons (Fsp3) is 0.611. The maximum atomic E-state index is 12.8. The van der Waals surface area contributed by atoms with E-state index in [1.807, 2.05) is 20.8 Å². The molecule has 5 nitrogen and oxygen atoms in total. The molecule has 24 heavy (non-hydrogen) atoms. The molecule has 6 heteroatoms. The van der Waals surface area contributed by atoms with Gasteiger partial charge in [0.05, 0.1) is 4.90 Å². The van der Waals surface area contributed by atoms with E-state index in [-0.39, 0.29) is 16.3 Å². The first kappa shape index (κ1) is 18.9. The van der Waals surface area contributed by atoms with Crippen LogP contribution in [-0.4, -0.2) is 37.3 Å². The average molecular weight is 353 g/mol. The summed E-state index contributed by atoms with van der Waals surface area (Å²) in [6, 6.07) is 6.20. The summed E-state index contributed by atoms with van der Waals surface area (Å²) in [5.74, 6) is 0.521. The van der Waals surface area contributed by atoms with Crippen LogP contribution < -0.4 is 5.32 Å². The highest BCUT2D eigenvalue weighted by Crippen LogP contribution is 2.26. The van der Waals surface area contributed by atoms with Gasteiger partial charge in [-0.05, 0) is 63.3 Å². The van der Waals surface area contributed by atoms with E-state index in [1.165, 1.54) is 12.1 Å². The van der Waals surface area contributed by atoms with Crippen molar-refractivity contribution >= 4 is 15.9 Å². The van der Waals surface area contributed by atoms with Gasteiger partial charge in [-0.15, -0.1) is 0 Å². The van der Waals surface area contributed by atoms with E-state index in [9.17, 15) is 13.2 Å². The number of amides is 1. The molecule has 2 rings (SSSR count). The predicted molar refractivity (Wildman–Crippen MR) is 95.4 cm³/mol. The van der Waals surface area contributed by atoms with Crippen LogP contribution in [0.5, 0.6) is 0 Å². The molecule has 1 aromatic carbocycles. The Morgan fingerprint density at radius 2 is 1.58 bits per heavy atom. The minimum atomic E-state index is -3.50. The number of sulfonamides is 1. The van der Waals surface area contributed by atoms with Gasteiger partial charge in [-0.3, -0.25) is 4.79 Å². The van der Waals surface area contributed by atoms with Gasteiger partial charge in [0, 0.05) is 24.2 Å². The van der Waals surface area contributed by atoms with Crippen LogP contribution in [0.15, 0.2) is 29.2 Å². The Morgan fingerprint density at radius 1 is 1.08 bits per heavy atom. The lowest BCUT2D eigenvalue weighted by Gasteiger charge is -2.34. The molecule has 134 valence electrons. The van der Waals surface area contributed by atoms with Crippen molar-refractivity contribution in [3.8, 4) is 0 Å². The predicted octanol–water partition coefficient (Wildman–Crippen LogP) is 2.88. The van der Waals surface area contributed by atoms with E-state index in [1.54, 1.807) is 16.4 Å². The van der Waals surface area contributed by atoms with Crippen molar-refractivity contribution in [3.63, 3.8) is 0 Å². The normalized spacial score (nSPS) is 23.0. The van der Waals surface area contributed by atoms with Crippen molar-refractivity contribution in [2.75, 3.05) is 13.1 Å². The third-order valence-corrected chi connectivity index (χ3v) is 5.92. The summed E-state index contributed by atoms with van der Waals surface area (Å²) in [5, 5.41) is 2.87. The maximum Gasteiger partial charge on any atom is 0.251 e. The van der Waals surface area contributed by atoms with Crippen LogP contribution in [-0.2, 0) is 10.0 Å². The number of nitrogens with one attached hydrogen (secondary N) is 1. The summed E-state index contributed by atoms with van der Waals surface area (Å²) in [6.45, 7) is 11.0. The van der Waals surface area contributed by atoms with E-state index in [0.29, 0.717) is 30.5 Å². The van der Waals surface area contributed by atoms with Crippen LogP contribution in [0.25, 0.3) is 0 Å². The van der Waals surface area contributed by atoms with Gasteiger partial charge < -0.3 is 5.32 Å². The molecule has 1 fully saturated rings. The second-order valence-electron chi connectivity index (χ2n) is 8.00. The van der Waals surface area contributed by atoms with E-state index in [2.05, 4.69) is 19.2 Å². The molecule has 1 aromatic rings. The highest BCUT2D eigenvalue weighted by molar-refractivity contribution is 7.89.